The first-order valence-corrected chi connectivity index (χ1v) is 4.20. The van der Waals surface area contributed by atoms with Crippen LogP contribution in [-0.2, 0) is 0 Å². The standard InChI is InChI=1S/C7H18N4O/c1-3-6(2)4-5-9-11-7(12)10-8/h6,9H,3-5,8H2,1-2H3,(H2,10,11,12). The zero-order chi connectivity index (χ0) is 9.40. The van der Waals surface area contributed by atoms with Crippen molar-refractivity contribution in [3.05, 3.63) is 0 Å². The molecule has 1 atom stereocenters. The van der Waals surface area contributed by atoms with E-state index in [9.17, 15) is 4.79 Å². The van der Waals surface area contributed by atoms with Crippen molar-refractivity contribution in [1.82, 2.24) is 16.3 Å². The van der Waals surface area contributed by atoms with Crippen molar-refractivity contribution >= 4 is 6.03 Å². The fourth-order valence-corrected chi connectivity index (χ4v) is 0.702. The second-order valence-electron chi connectivity index (χ2n) is 2.83. The molecule has 1 unspecified atom stereocenters. The molecule has 0 aliphatic heterocycles. The van der Waals surface area contributed by atoms with Crippen LogP contribution in [0.4, 0.5) is 4.79 Å². The number of hydrazine groups is 2. The summed E-state index contributed by atoms with van der Waals surface area (Å²) in [5, 5.41) is 0. The third-order valence-corrected chi connectivity index (χ3v) is 1.79. The zero-order valence-electron chi connectivity index (χ0n) is 7.68. The van der Waals surface area contributed by atoms with Gasteiger partial charge in [-0.25, -0.2) is 16.1 Å². The van der Waals surface area contributed by atoms with Crippen molar-refractivity contribution in [1.29, 1.82) is 0 Å². The third-order valence-electron chi connectivity index (χ3n) is 1.79. The lowest BCUT2D eigenvalue weighted by Crippen LogP contribution is -2.47. The highest BCUT2D eigenvalue weighted by Gasteiger charge is 1.98. The van der Waals surface area contributed by atoms with Crippen LogP contribution in [0.3, 0.4) is 0 Å². The van der Waals surface area contributed by atoms with Crippen molar-refractivity contribution in [2.24, 2.45) is 11.8 Å². The molecular weight excluding hydrogens is 156 g/mol. The summed E-state index contributed by atoms with van der Waals surface area (Å²) >= 11 is 0. The fourth-order valence-electron chi connectivity index (χ4n) is 0.702. The van der Waals surface area contributed by atoms with Crippen molar-refractivity contribution < 1.29 is 4.79 Å². The summed E-state index contributed by atoms with van der Waals surface area (Å²) in [7, 11) is 0. The largest absolute Gasteiger partial charge is 0.343 e. The second-order valence-corrected chi connectivity index (χ2v) is 2.83. The van der Waals surface area contributed by atoms with E-state index in [-0.39, 0.29) is 0 Å². The minimum atomic E-state index is -0.417. The lowest BCUT2D eigenvalue weighted by atomic mass is 10.1. The summed E-state index contributed by atoms with van der Waals surface area (Å²) < 4.78 is 0. The van der Waals surface area contributed by atoms with E-state index in [1.807, 2.05) is 5.43 Å². The van der Waals surface area contributed by atoms with Gasteiger partial charge in [-0.2, -0.15) is 0 Å². The molecule has 0 rings (SSSR count). The minimum Gasteiger partial charge on any atom is -0.275 e. The van der Waals surface area contributed by atoms with E-state index in [0.29, 0.717) is 5.92 Å². The van der Waals surface area contributed by atoms with Gasteiger partial charge in [0.15, 0.2) is 0 Å². The first-order valence-electron chi connectivity index (χ1n) is 4.20. The number of nitrogens with one attached hydrogen (secondary N) is 3. The number of carbonyl (C=O) groups excluding carboxylic acids is 1. The van der Waals surface area contributed by atoms with Gasteiger partial charge in [0.2, 0.25) is 0 Å². The zero-order valence-corrected chi connectivity index (χ0v) is 7.68. The average molecular weight is 174 g/mol. The van der Waals surface area contributed by atoms with E-state index in [0.717, 1.165) is 19.4 Å². The van der Waals surface area contributed by atoms with Crippen LogP contribution in [0.1, 0.15) is 26.7 Å². The Kier molecular flexibility index (Phi) is 6.41. The maximum Gasteiger partial charge on any atom is 0.343 e. The maximum atomic E-state index is 10.5. The summed E-state index contributed by atoms with van der Waals surface area (Å²) in [6.45, 7) is 5.08. The predicted octanol–water partition coefficient (Wildman–Crippen LogP) is 0.100. The predicted molar refractivity (Wildman–Crippen MR) is 47.9 cm³/mol. The van der Waals surface area contributed by atoms with Gasteiger partial charge >= 0.3 is 6.03 Å². The molecule has 72 valence electrons. The molecule has 0 aliphatic carbocycles. The van der Waals surface area contributed by atoms with Crippen LogP contribution in [0, 0.1) is 5.92 Å². The Morgan fingerprint density at radius 1 is 1.58 bits per heavy atom. The molecule has 0 bridgehead atoms. The van der Waals surface area contributed by atoms with Crippen LogP contribution >= 0.6 is 0 Å². The fraction of sp³-hybridized carbons (Fsp3) is 0.857. The van der Waals surface area contributed by atoms with Gasteiger partial charge in [-0.05, 0) is 12.3 Å². The highest BCUT2D eigenvalue weighted by Crippen LogP contribution is 2.03. The monoisotopic (exact) mass is 174 g/mol. The molecule has 0 heterocycles. The normalized spacial score (nSPS) is 12.2. The van der Waals surface area contributed by atoms with E-state index in [4.69, 9.17) is 5.84 Å². The Labute approximate surface area is 73.0 Å². The topological polar surface area (TPSA) is 79.2 Å². The molecule has 5 nitrogen and oxygen atoms in total. The van der Waals surface area contributed by atoms with Crippen LogP contribution < -0.4 is 22.1 Å². The molecule has 0 radical (unpaired) electrons. The lowest BCUT2D eigenvalue weighted by Gasteiger charge is -2.09. The first kappa shape index (κ1) is 11.2. The number of hydrogen-bond donors (Lipinski definition) is 4. The van der Waals surface area contributed by atoms with Crippen molar-refractivity contribution in [2.45, 2.75) is 26.7 Å². The van der Waals surface area contributed by atoms with Gasteiger partial charge in [0, 0.05) is 6.54 Å². The number of urea groups is 1. The number of carbonyl (C=O) groups is 1. The summed E-state index contributed by atoms with van der Waals surface area (Å²) in [6.07, 6.45) is 2.20. The maximum absolute atomic E-state index is 10.5. The Morgan fingerprint density at radius 3 is 2.75 bits per heavy atom. The van der Waals surface area contributed by atoms with E-state index in [1.54, 1.807) is 0 Å². The number of nitrogens with two attached hydrogens (primary N) is 1. The molecular formula is C7H18N4O. The smallest absolute Gasteiger partial charge is 0.275 e. The molecule has 5 N–H and O–H groups in total. The van der Waals surface area contributed by atoms with Gasteiger partial charge in [0.05, 0.1) is 0 Å². The van der Waals surface area contributed by atoms with Gasteiger partial charge < -0.3 is 0 Å². The quantitative estimate of drug-likeness (QED) is 0.206. The van der Waals surface area contributed by atoms with Gasteiger partial charge in [-0.3, -0.25) is 10.9 Å². The van der Waals surface area contributed by atoms with E-state index < -0.39 is 6.03 Å². The lowest BCUT2D eigenvalue weighted by molar-refractivity contribution is 0.236. The van der Waals surface area contributed by atoms with Gasteiger partial charge in [0.1, 0.15) is 0 Å². The Morgan fingerprint density at radius 2 is 2.25 bits per heavy atom. The first-order chi connectivity index (χ1) is 5.70. The van der Waals surface area contributed by atoms with Crippen molar-refractivity contribution in [3.63, 3.8) is 0 Å². The molecule has 2 amide bonds. The number of hydrogen-bond acceptors (Lipinski definition) is 3. The number of amides is 2. The van der Waals surface area contributed by atoms with E-state index >= 15 is 0 Å². The molecule has 0 aromatic heterocycles. The van der Waals surface area contributed by atoms with Crippen LogP contribution in [-0.4, -0.2) is 12.6 Å². The summed E-state index contributed by atoms with van der Waals surface area (Å²) in [5.74, 6) is 5.52. The van der Waals surface area contributed by atoms with E-state index in [2.05, 4.69) is 24.7 Å². The highest BCUT2D eigenvalue weighted by atomic mass is 16.2. The molecule has 0 spiro atoms. The van der Waals surface area contributed by atoms with Crippen LogP contribution in [0.15, 0.2) is 0 Å². The minimum absolute atomic E-state index is 0.417. The molecule has 0 aromatic carbocycles. The Bertz CT molecular complexity index is 129. The molecule has 0 saturated heterocycles. The van der Waals surface area contributed by atoms with Crippen molar-refractivity contribution in [3.8, 4) is 0 Å². The van der Waals surface area contributed by atoms with Gasteiger partial charge in [-0.1, -0.05) is 20.3 Å². The SMILES string of the molecule is CCC(C)CCNNC(=O)NN. The summed E-state index contributed by atoms with van der Waals surface area (Å²) in [5.41, 5.74) is 7.10. The molecule has 0 saturated carbocycles. The third kappa shape index (κ3) is 5.94. The second kappa shape index (κ2) is 6.87. The van der Waals surface area contributed by atoms with Gasteiger partial charge in [-0.15, -0.1) is 0 Å². The molecule has 0 aliphatic rings. The molecule has 12 heavy (non-hydrogen) atoms. The summed E-state index contributed by atoms with van der Waals surface area (Å²) in [4.78, 5) is 10.5. The average Bonchev–Trinajstić information content (AvgIpc) is 2.11. The Balaban J connectivity index is 3.15. The molecule has 5 heteroatoms. The van der Waals surface area contributed by atoms with Crippen molar-refractivity contribution in [2.75, 3.05) is 6.54 Å². The van der Waals surface area contributed by atoms with Crippen LogP contribution in [0.5, 0.6) is 0 Å². The van der Waals surface area contributed by atoms with Crippen LogP contribution in [0.25, 0.3) is 0 Å². The highest BCUT2D eigenvalue weighted by molar-refractivity contribution is 5.72. The Hall–Kier alpha value is -0.810. The molecule has 0 aromatic rings. The van der Waals surface area contributed by atoms with Gasteiger partial charge in [0.25, 0.3) is 0 Å². The molecule has 0 fully saturated rings. The van der Waals surface area contributed by atoms with E-state index in [1.165, 1.54) is 0 Å². The van der Waals surface area contributed by atoms with Crippen LogP contribution in [0.2, 0.25) is 0 Å². The number of rotatable bonds is 5. The summed E-state index contributed by atoms with van der Waals surface area (Å²) in [6, 6.07) is -0.417.